The summed E-state index contributed by atoms with van der Waals surface area (Å²) in [6.45, 7) is 5.01. The van der Waals surface area contributed by atoms with Crippen LogP contribution >= 0.6 is 0 Å². The lowest BCUT2D eigenvalue weighted by Crippen LogP contribution is -2.21. The molecule has 0 aliphatic heterocycles. The van der Waals surface area contributed by atoms with Gasteiger partial charge in [0.1, 0.15) is 5.75 Å². The van der Waals surface area contributed by atoms with Crippen molar-refractivity contribution < 1.29 is 24.1 Å². The summed E-state index contributed by atoms with van der Waals surface area (Å²) >= 11 is 0. The molecule has 0 aliphatic rings. The number of carbonyl (C=O) groups is 1. The zero-order valence-corrected chi connectivity index (χ0v) is 11.3. The van der Waals surface area contributed by atoms with Crippen LogP contribution in [0.3, 0.4) is 0 Å². The van der Waals surface area contributed by atoms with E-state index in [1.165, 1.54) is 14.0 Å². The summed E-state index contributed by atoms with van der Waals surface area (Å²) in [5.41, 5.74) is 0.931. The lowest BCUT2D eigenvalue weighted by atomic mass is 10.0. The largest absolute Gasteiger partial charge is 0.497 e. The average Bonchev–Trinajstić information content (AvgIpc) is 2.43. The zero-order valence-electron chi connectivity index (χ0n) is 11.3. The van der Waals surface area contributed by atoms with Gasteiger partial charge in [0.2, 0.25) is 0 Å². The smallest absolute Gasteiger partial charge is 0.303 e. The van der Waals surface area contributed by atoms with E-state index in [-0.39, 0.29) is 5.57 Å². The number of hydrogen-bond donors (Lipinski definition) is 1. The topological polar surface area (TPSA) is 65.0 Å². The first kappa shape index (κ1) is 15.2. The fourth-order valence-corrected chi connectivity index (χ4v) is 1.58. The standard InChI is InChI=1S/C14H18O5/c1-9(14(16)18-4)13(19-10(2)15)11-5-7-12(17-3)8-6-11/h5-8,13-14,16H,1H2,2-4H3. The molecule has 1 aromatic rings. The van der Waals surface area contributed by atoms with Crippen LogP contribution in [0.5, 0.6) is 5.75 Å². The number of aliphatic hydroxyl groups is 1. The number of ether oxygens (including phenoxy) is 3. The normalized spacial score (nSPS) is 13.5. The van der Waals surface area contributed by atoms with Gasteiger partial charge in [-0.1, -0.05) is 18.7 Å². The molecule has 0 heterocycles. The van der Waals surface area contributed by atoms with Gasteiger partial charge < -0.3 is 19.3 Å². The Morgan fingerprint density at radius 3 is 2.26 bits per heavy atom. The van der Waals surface area contributed by atoms with Gasteiger partial charge >= 0.3 is 5.97 Å². The number of methoxy groups -OCH3 is 2. The van der Waals surface area contributed by atoms with Crippen LogP contribution in [0.4, 0.5) is 0 Å². The van der Waals surface area contributed by atoms with E-state index in [0.29, 0.717) is 11.3 Å². The molecule has 0 radical (unpaired) electrons. The van der Waals surface area contributed by atoms with E-state index in [0.717, 1.165) is 0 Å². The van der Waals surface area contributed by atoms with Crippen molar-refractivity contribution in [3.8, 4) is 5.75 Å². The highest BCUT2D eigenvalue weighted by atomic mass is 16.6. The highest BCUT2D eigenvalue weighted by Crippen LogP contribution is 2.28. The predicted molar refractivity (Wildman–Crippen MR) is 69.7 cm³/mol. The minimum atomic E-state index is -1.20. The Kier molecular flexibility index (Phi) is 5.54. The predicted octanol–water partition coefficient (Wildman–Crippen LogP) is 1.82. The number of hydrogen-bond acceptors (Lipinski definition) is 5. The minimum absolute atomic E-state index is 0.253. The Balaban J connectivity index is 3.01. The maximum Gasteiger partial charge on any atom is 0.303 e. The van der Waals surface area contributed by atoms with Gasteiger partial charge in [-0.2, -0.15) is 0 Å². The molecular formula is C14H18O5. The molecule has 0 amide bonds. The van der Waals surface area contributed by atoms with Gasteiger partial charge in [0.15, 0.2) is 12.4 Å². The minimum Gasteiger partial charge on any atom is -0.497 e. The van der Waals surface area contributed by atoms with E-state index in [9.17, 15) is 9.90 Å². The lowest BCUT2D eigenvalue weighted by molar-refractivity contribution is -0.147. The molecule has 5 nitrogen and oxygen atoms in total. The SMILES string of the molecule is C=C(C(O)OC)C(OC(C)=O)c1ccc(OC)cc1. The van der Waals surface area contributed by atoms with Gasteiger partial charge in [0, 0.05) is 19.6 Å². The van der Waals surface area contributed by atoms with Crippen molar-refractivity contribution in [2.45, 2.75) is 19.3 Å². The maximum absolute atomic E-state index is 11.2. The van der Waals surface area contributed by atoms with E-state index >= 15 is 0 Å². The summed E-state index contributed by atoms with van der Waals surface area (Å²) in [6.07, 6.45) is -1.97. The van der Waals surface area contributed by atoms with Gasteiger partial charge in [-0.3, -0.25) is 4.79 Å². The van der Waals surface area contributed by atoms with Gasteiger partial charge in [-0.25, -0.2) is 0 Å². The molecule has 1 N–H and O–H groups in total. The van der Waals surface area contributed by atoms with Crippen molar-refractivity contribution in [3.63, 3.8) is 0 Å². The Morgan fingerprint density at radius 1 is 1.26 bits per heavy atom. The zero-order chi connectivity index (χ0) is 14.4. The van der Waals surface area contributed by atoms with Gasteiger partial charge in [0.05, 0.1) is 7.11 Å². The number of carbonyl (C=O) groups excluding carboxylic acids is 1. The van der Waals surface area contributed by atoms with Crippen LogP contribution in [0.15, 0.2) is 36.4 Å². The third-order valence-corrected chi connectivity index (χ3v) is 2.58. The molecule has 104 valence electrons. The number of benzene rings is 1. The first-order valence-corrected chi connectivity index (χ1v) is 5.70. The van der Waals surface area contributed by atoms with Crippen LogP contribution in [0.25, 0.3) is 0 Å². The fourth-order valence-electron chi connectivity index (χ4n) is 1.58. The lowest BCUT2D eigenvalue weighted by Gasteiger charge is -2.22. The third kappa shape index (κ3) is 4.08. The summed E-state index contributed by atoms with van der Waals surface area (Å²) < 4.78 is 15.0. The Labute approximate surface area is 112 Å². The monoisotopic (exact) mass is 266 g/mol. The quantitative estimate of drug-likeness (QED) is 0.483. The van der Waals surface area contributed by atoms with Crippen LogP contribution in [0.2, 0.25) is 0 Å². The van der Waals surface area contributed by atoms with E-state index in [2.05, 4.69) is 6.58 Å². The summed E-state index contributed by atoms with van der Waals surface area (Å²) in [5, 5.41) is 9.63. The van der Waals surface area contributed by atoms with Crippen LogP contribution < -0.4 is 4.74 Å². The first-order valence-electron chi connectivity index (χ1n) is 5.70. The molecular weight excluding hydrogens is 248 g/mol. The van der Waals surface area contributed by atoms with Gasteiger partial charge in [-0.05, 0) is 17.7 Å². The molecule has 1 rings (SSSR count). The molecule has 0 aromatic heterocycles. The number of rotatable bonds is 6. The summed E-state index contributed by atoms with van der Waals surface area (Å²) in [5.74, 6) is 0.216. The number of aliphatic hydroxyl groups excluding tert-OH is 1. The summed E-state index contributed by atoms with van der Waals surface area (Å²) in [6, 6.07) is 6.94. The van der Waals surface area contributed by atoms with E-state index < -0.39 is 18.4 Å². The van der Waals surface area contributed by atoms with Crippen LogP contribution in [0.1, 0.15) is 18.6 Å². The Morgan fingerprint density at radius 2 is 1.84 bits per heavy atom. The van der Waals surface area contributed by atoms with Crippen molar-refractivity contribution in [1.29, 1.82) is 0 Å². The molecule has 0 saturated carbocycles. The van der Waals surface area contributed by atoms with Gasteiger partial charge in [-0.15, -0.1) is 0 Å². The average molecular weight is 266 g/mol. The molecule has 0 fully saturated rings. The van der Waals surface area contributed by atoms with Gasteiger partial charge in [0.25, 0.3) is 0 Å². The molecule has 0 bridgehead atoms. The number of esters is 1. The van der Waals surface area contributed by atoms with Crippen molar-refractivity contribution in [1.82, 2.24) is 0 Å². The molecule has 2 unspecified atom stereocenters. The Hall–Kier alpha value is -1.85. The summed E-state index contributed by atoms with van der Waals surface area (Å²) in [4.78, 5) is 11.2. The van der Waals surface area contributed by atoms with Crippen molar-refractivity contribution >= 4 is 5.97 Å². The molecule has 2 atom stereocenters. The van der Waals surface area contributed by atoms with Crippen LogP contribution in [-0.2, 0) is 14.3 Å². The molecule has 19 heavy (non-hydrogen) atoms. The van der Waals surface area contributed by atoms with Crippen molar-refractivity contribution in [2.24, 2.45) is 0 Å². The van der Waals surface area contributed by atoms with E-state index in [4.69, 9.17) is 14.2 Å². The molecule has 5 heteroatoms. The first-order chi connectivity index (χ1) is 8.99. The highest BCUT2D eigenvalue weighted by Gasteiger charge is 2.23. The Bertz CT molecular complexity index is 438. The second-order valence-electron chi connectivity index (χ2n) is 3.93. The maximum atomic E-state index is 11.2. The van der Waals surface area contributed by atoms with Crippen LogP contribution in [-0.4, -0.2) is 31.6 Å². The van der Waals surface area contributed by atoms with Crippen LogP contribution in [0, 0.1) is 0 Å². The van der Waals surface area contributed by atoms with Crippen molar-refractivity contribution in [2.75, 3.05) is 14.2 Å². The molecule has 0 aliphatic carbocycles. The second-order valence-corrected chi connectivity index (χ2v) is 3.93. The molecule has 0 spiro atoms. The second kappa shape index (κ2) is 6.92. The van der Waals surface area contributed by atoms with Crippen molar-refractivity contribution in [3.05, 3.63) is 42.0 Å². The molecule has 0 saturated heterocycles. The van der Waals surface area contributed by atoms with E-state index in [1.54, 1.807) is 31.4 Å². The third-order valence-electron chi connectivity index (χ3n) is 2.58. The van der Waals surface area contributed by atoms with E-state index in [1.807, 2.05) is 0 Å². The summed E-state index contributed by atoms with van der Waals surface area (Å²) in [7, 11) is 2.90. The molecule has 1 aromatic carbocycles. The fraction of sp³-hybridized carbons (Fsp3) is 0.357. The highest BCUT2D eigenvalue weighted by molar-refractivity contribution is 5.66.